The molecule has 3 heteroatoms. The highest BCUT2D eigenvalue weighted by Crippen LogP contribution is 2.28. The van der Waals surface area contributed by atoms with E-state index < -0.39 is 0 Å². The molecule has 0 bridgehead atoms. The number of rotatable bonds is 3. The Morgan fingerprint density at radius 3 is 2.88 bits per heavy atom. The van der Waals surface area contributed by atoms with Gasteiger partial charge in [0, 0.05) is 22.5 Å². The predicted molar refractivity (Wildman–Crippen MR) is 74.5 cm³/mol. The third-order valence-corrected chi connectivity index (χ3v) is 5.87. The average Bonchev–Trinajstić information content (AvgIpc) is 2.33. The van der Waals surface area contributed by atoms with Crippen molar-refractivity contribution in [2.45, 2.75) is 24.7 Å². The molecule has 1 aromatic rings. The second kappa shape index (κ2) is 5.99. The second-order valence-electron chi connectivity index (χ2n) is 4.18. The van der Waals surface area contributed by atoms with E-state index in [0.717, 1.165) is 12.2 Å². The molecular weight excluding hydrogens is 236 g/mol. The molecule has 0 aromatic heterocycles. The summed E-state index contributed by atoms with van der Waals surface area (Å²) in [4.78, 5) is 0. The van der Waals surface area contributed by atoms with Gasteiger partial charge in [0.1, 0.15) is 0 Å². The van der Waals surface area contributed by atoms with Gasteiger partial charge in [-0.15, -0.1) is 0 Å². The number of hydrogen-bond acceptors (Lipinski definition) is 3. The predicted octanol–water partition coefficient (Wildman–Crippen LogP) is 2.75. The largest absolute Gasteiger partial charge is 0.392 e. The molecule has 1 aliphatic heterocycles. The number of aliphatic hydroxyl groups is 1. The van der Waals surface area contributed by atoms with Crippen LogP contribution < -0.4 is 0 Å². The Hall–Kier alpha value is -0.120. The van der Waals surface area contributed by atoms with Crippen molar-refractivity contribution in [3.63, 3.8) is 0 Å². The zero-order chi connectivity index (χ0) is 11.4. The average molecular weight is 254 g/mol. The van der Waals surface area contributed by atoms with Gasteiger partial charge in [0.25, 0.3) is 0 Å². The van der Waals surface area contributed by atoms with Gasteiger partial charge in [-0.05, 0) is 24.5 Å². The second-order valence-corrected chi connectivity index (χ2v) is 6.68. The molecule has 1 saturated heterocycles. The first-order valence-corrected chi connectivity index (χ1v) is 7.89. The molecule has 1 aromatic carbocycles. The van der Waals surface area contributed by atoms with E-state index in [1.54, 1.807) is 0 Å². The van der Waals surface area contributed by atoms with Gasteiger partial charge < -0.3 is 5.11 Å². The monoisotopic (exact) mass is 254 g/mol. The van der Waals surface area contributed by atoms with Crippen LogP contribution in [0, 0.1) is 6.92 Å². The van der Waals surface area contributed by atoms with Crippen LogP contribution in [0.1, 0.15) is 11.1 Å². The van der Waals surface area contributed by atoms with Crippen LogP contribution in [-0.4, -0.2) is 33.7 Å². The van der Waals surface area contributed by atoms with E-state index in [4.69, 9.17) is 0 Å². The number of benzene rings is 1. The van der Waals surface area contributed by atoms with Crippen molar-refractivity contribution in [2.75, 3.05) is 17.3 Å². The fourth-order valence-corrected chi connectivity index (χ4v) is 4.70. The van der Waals surface area contributed by atoms with E-state index in [1.807, 2.05) is 23.5 Å². The summed E-state index contributed by atoms with van der Waals surface area (Å²) in [5, 5.41) is 10.6. The minimum Gasteiger partial charge on any atom is -0.392 e. The highest BCUT2D eigenvalue weighted by Gasteiger charge is 2.23. The first kappa shape index (κ1) is 12.3. The van der Waals surface area contributed by atoms with Crippen molar-refractivity contribution in [1.82, 2.24) is 0 Å². The first-order chi connectivity index (χ1) is 7.77. The standard InChI is InChI=1S/C13H18OS2/c1-10-4-2-3-5-11(10)8-12(14)13-9-15-6-7-16-13/h2-5,12-14H,6-9H2,1H3. The van der Waals surface area contributed by atoms with Gasteiger partial charge >= 0.3 is 0 Å². The van der Waals surface area contributed by atoms with Gasteiger partial charge in [0.2, 0.25) is 0 Å². The van der Waals surface area contributed by atoms with Crippen molar-refractivity contribution in [1.29, 1.82) is 0 Å². The zero-order valence-electron chi connectivity index (χ0n) is 9.56. The van der Waals surface area contributed by atoms with E-state index >= 15 is 0 Å². The third-order valence-electron chi connectivity index (χ3n) is 2.96. The highest BCUT2D eigenvalue weighted by molar-refractivity contribution is 8.06. The van der Waals surface area contributed by atoms with E-state index in [0.29, 0.717) is 5.25 Å². The smallest absolute Gasteiger partial charge is 0.0707 e. The Morgan fingerprint density at radius 1 is 1.38 bits per heavy atom. The van der Waals surface area contributed by atoms with Crippen molar-refractivity contribution < 1.29 is 5.11 Å². The van der Waals surface area contributed by atoms with E-state index in [9.17, 15) is 5.11 Å². The van der Waals surface area contributed by atoms with Crippen molar-refractivity contribution in [3.05, 3.63) is 35.4 Å². The number of aliphatic hydroxyl groups excluding tert-OH is 1. The van der Waals surface area contributed by atoms with Crippen LogP contribution >= 0.6 is 23.5 Å². The Labute approximate surface area is 106 Å². The van der Waals surface area contributed by atoms with Gasteiger partial charge in [-0.25, -0.2) is 0 Å². The zero-order valence-corrected chi connectivity index (χ0v) is 11.2. The fourth-order valence-electron chi connectivity index (χ4n) is 1.92. The molecule has 0 amide bonds. The number of thioether (sulfide) groups is 2. The lowest BCUT2D eigenvalue weighted by Gasteiger charge is -2.26. The van der Waals surface area contributed by atoms with Gasteiger partial charge in [0.05, 0.1) is 6.10 Å². The third kappa shape index (κ3) is 3.19. The van der Waals surface area contributed by atoms with Crippen molar-refractivity contribution in [2.24, 2.45) is 0 Å². The van der Waals surface area contributed by atoms with Crippen molar-refractivity contribution >= 4 is 23.5 Å². The summed E-state index contributed by atoms with van der Waals surface area (Å²) >= 11 is 3.89. The molecule has 0 aliphatic carbocycles. The minimum absolute atomic E-state index is 0.195. The molecule has 88 valence electrons. The van der Waals surface area contributed by atoms with E-state index in [2.05, 4.69) is 31.2 Å². The molecule has 1 nitrogen and oxygen atoms in total. The van der Waals surface area contributed by atoms with Crippen LogP contribution in [0.3, 0.4) is 0 Å². The minimum atomic E-state index is -0.195. The summed E-state index contributed by atoms with van der Waals surface area (Å²) in [5.41, 5.74) is 2.57. The van der Waals surface area contributed by atoms with Crippen LogP contribution in [0.15, 0.2) is 24.3 Å². The van der Waals surface area contributed by atoms with Gasteiger partial charge in [-0.1, -0.05) is 24.3 Å². The molecule has 0 radical (unpaired) electrons. The van der Waals surface area contributed by atoms with Crippen molar-refractivity contribution in [3.8, 4) is 0 Å². The molecule has 0 saturated carbocycles. The maximum atomic E-state index is 10.2. The highest BCUT2D eigenvalue weighted by atomic mass is 32.2. The maximum Gasteiger partial charge on any atom is 0.0707 e. The lowest BCUT2D eigenvalue weighted by atomic mass is 10.0. The van der Waals surface area contributed by atoms with Crippen LogP contribution in [-0.2, 0) is 6.42 Å². The summed E-state index contributed by atoms with van der Waals surface area (Å²) in [5.74, 6) is 3.51. The molecular formula is C13H18OS2. The van der Waals surface area contributed by atoms with Gasteiger partial charge in [0.15, 0.2) is 0 Å². The molecule has 1 heterocycles. The number of hydrogen-bond donors (Lipinski definition) is 1. The maximum absolute atomic E-state index is 10.2. The SMILES string of the molecule is Cc1ccccc1CC(O)C1CSCCS1. The molecule has 2 rings (SSSR count). The Balaban J connectivity index is 1.96. The summed E-state index contributed by atoms with van der Waals surface area (Å²) in [7, 11) is 0. The van der Waals surface area contributed by atoms with Gasteiger partial charge in [-0.3, -0.25) is 0 Å². The molecule has 2 atom stereocenters. The molecule has 16 heavy (non-hydrogen) atoms. The summed E-state index contributed by atoms with van der Waals surface area (Å²) < 4.78 is 0. The quantitative estimate of drug-likeness (QED) is 0.895. The summed E-state index contributed by atoms with van der Waals surface area (Å²) in [6, 6.07) is 8.35. The molecule has 1 fully saturated rings. The Bertz CT molecular complexity index is 334. The first-order valence-electron chi connectivity index (χ1n) is 5.69. The summed E-state index contributed by atoms with van der Waals surface area (Å²) in [6.07, 6.45) is 0.601. The normalized spacial score (nSPS) is 23.0. The molecule has 1 N–H and O–H groups in total. The van der Waals surface area contributed by atoms with Crippen LogP contribution in [0.2, 0.25) is 0 Å². The number of aryl methyl sites for hydroxylation is 1. The van der Waals surface area contributed by atoms with Crippen LogP contribution in [0.5, 0.6) is 0 Å². The Kier molecular flexibility index (Phi) is 4.62. The topological polar surface area (TPSA) is 20.2 Å². The molecule has 1 aliphatic rings. The molecule has 0 spiro atoms. The van der Waals surface area contributed by atoms with Crippen LogP contribution in [0.25, 0.3) is 0 Å². The molecule has 2 unspecified atom stereocenters. The lowest BCUT2D eigenvalue weighted by molar-refractivity contribution is 0.177. The Morgan fingerprint density at radius 2 is 2.19 bits per heavy atom. The van der Waals surface area contributed by atoms with E-state index in [-0.39, 0.29) is 6.10 Å². The fraction of sp³-hybridized carbons (Fsp3) is 0.538. The van der Waals surface area contributed by atoms with Gasteiger partial charge in [-0.2, -0.15) is 23.5 Å². The van der Waals surface area contributed by atoms with E-state index in [1.165, 1.54) is 22.6 Å². The summed E-state index contributed by atoms with van der Waals surface area (Å²) in [6.45, 7) is 2.12. The van der Waals surface area contributed by atoms with Crippen LogP contribution in [0.4, 0.5) is 0 Å². The lowest BCUT2D eigenvalue weighted by Crippen LogP contribution is -2.30.